The largest absolute Gasteiger partial charge is 0.496 e. The average Bonchev–Trinajstić information content (AvgIpc) is 3.20. The van der Waals surface area contributed by atoms with Gasteiger partial charge in [-0.15, -0.1) is 0 Å². The molecular formula is C15H23BrN2O. The molecular weight excluding hydrogens is 304 g/mol. The molecule has 1 aromatic rings. The summed E-state index contributed by atoms with van der Waals surface area (Å²) in [6, 6.07) is 7.12. The van der Waals surface area contributed by atoms with Gasteiger partial charge < -0.3 is 15.0 Å². The van der Waals surface area contributed by atoms with Crippen molar-refractivity contribution in [2.75, 3.05) is 33.8 Å². The minimum absolute atomic E-state index is 0.811. The van der Waals surface area contributed by atoms with Gasteiger partial charge in [-0.1, -0.05) is 6.07 Å². The summed E-state index contributed by atoms with van der Waals surface area (Å²) in [6.45, 7) is 3.31. The molecule has 3 nitrogen and oxygen atoms in total. The zero-order chi connectivity index (χ0) is 13.7. The fourth-order valence-corrected chi connectivity index (χ4v) is 2.63. The highest BCUT2D eigenvalue weighted by Crippen LogP contribution is 2.25. The van der Waals surface area contributed by atoms with Crippen molar-refractivity contribution in [1.82, 2.24) is 10.2 Å². The number of nitrogens with one attached hydrogen (secondary N) is 1. The molecule has 1 N–H and O–H groups in total. The number of hydrogen-bond donors (Lipinski definition) is 1. The zero-order valence-electron chi connectivity index (χ0n) is 11.8. The topological polar surface area (TPSA) is 24.5 Å². The molecule has 0 atom stereocenters. The van der Waals surface area contributed by atoms with Gasteiger partial charge >= 0.3 is 0 Å². The molecule has 1 fully saturated rings. The Hall–Kier alpha value is -0.580. The van der Waals surface area contributed by atoms with Gasteiger partial charge in [0.25, 0.3) is 0 Å². The molecule has 0 aromatic heterocycles. The lowest BCUT2D eigenvalue weighted by Crippen LogP contribution is -2.31. The molecule has 2 rings (SSSR count). The van der Waals surface area contributed by atoms with E-state index in [4.69, 9.17) is 4.74 Å². The first kappa shape index (κ1) is 14.8. The maximum atomic E-state index is 5.24. The third-order valence-electron chi connectivity index (χ3n) is 3.50. The number of rotatable bonds is 8. The standard InChI is InChI=1S/C15H23BrN2O/c1-18(10-8-17-13-4-5-13)9-7-12-3-6-15(19-2)14(16)11-12/h3,6,11,13,17H,4-5,7-10H2,1-2H3. The number of ether oxygens (including phenoxy) is 1. The number of likely N-dealkylation sites (N-methyl/N-ethyl adjacent to an activating group) is 1. The average molecular weight is 327 g/mol. The van der Waals surface area contributed by atoms with Crippen LogP contribution in [-0.4, -0.2) is 44.7 Å². The molecule has 1 aliphatic carbocycles. The normalized spacial score (nSPS) is 14.9. The van der Waals surface area contributed by atoms with E-state index in [0.29, 0.717) is 0 Å². The Bertz CT molecular complexity index is 407. The predicted octanol–water partition coefficient (Wildman–Crippen LogP) is 2.68. The van der Waals surface area contributed by atoms with Gasteiger partial charge in [-0.2, -0.15) is 0 Å². The highest BCUT2D eigenvalue weighted by molar-refractivity contribution is 9.10. The van der Waals surface area contributed by atoms with Crippen LogP contribution in [0.15, 0.2) is 22.7 Å². The maximum Gasteiger partial charge on any atom is 0.133 e. The van der Waals surface area contributed by atoms with Crippen LogP contribution in [0.4, 0.5) is 0 Å². The van der Waals surface area contributed by atoms with Gasteiger partial charge in [0.2, 0.25) is 0 Å². The van der Waals surface area contributed by atoms with E-state index >= 15 is 0 Å². The number of hydrogen-bond acceptors (Lipinski definition) is 3. The van der Waals surface area contributed by atoms with Gasteiger partial charge in [-0.05, 0) is 59.9 Å². The van der Waals surface area contributed by atoms with Crippen LogP contribution >= 0.6 is 15.9 Å². The molecule has 0 bridgehead atoms. The minimum Gasteiger partial charge on any atom is -0.496 e. The number of benzene rings is 1. The van der Waals surface area contributed by atoms with Crippen LogP contribution in [-0.2, 0) is 6.42 Å². The van der Waals surface area contributed by atoms with Crippen molar-refractivity contribution in [3.63, 3.8) is 0 Å². The van der Waals surface area contributed by atoms with Crippen LogP contribution in [0.3, 0.4) is 0 Å². The van der Waals surface area contributed by atoms with Crippen molar-refractivity contribution in [3.8, 4) is 5.75 Å². The Morgan fingerprint density at radius 2 is 2.16 bits per heavy atom. The summed E-state index contributed by atoms with van der Waals surface area (Å²) in [7, 11) is 3.88. The van der Waals surface area contributed by atoms with E-state index < -0.39 is 0 Å². The Labute approximate surface area is 124 Å². The van der Waals surface area contributed by atoms with E-state index in [2.05, 4.69) is 45.3 Å². The lowest BCUT2D eigenvalue weighted by molar-refractivity contribution is 0.335. The van der Waals surface area contributed by atoms with Crippen molar-refractivity contribution >= 4 is 15.9 Å². The first-order valence-electron chi connectivity index (χ1n) is 6.93. The Morgan fingerprint density at radius 1 is 1.37 bits per heavy atom. The van der Waals surface area contributed by atoms with Gasteiger partial charge in [-0.3, -0.25) is 0 Å². The van der Waals surface area contributed by atoms with Crippen LogP contribution in [0.25, 0.3) is 0 Å². The second-order valence-corrected chi connectivity index (χ2v) is 6.10. The second-order valence-electron chi connectivity index (χ2n) is 5.25. The van der Waals surface area contributed by atoms with Crippen LogP contribution in [0.5, 0.6) is 5.75 Å². The molecule has 0 spiro atoms. The molecule has 19 heavy (non-hydrogen) atoms. The molecule has 0 radical (unpaired) electrons. The summed E-state index contributed by atoms with van der Waals surface area (Å²) >= 11 is 3.53. The molecule has 1 saturated carbocycles. The molecule has 4 heteroatoms. The predicted molar refractivity (Wildman–Crippen MR) is 82.9 cm³/mol. The van der Waals surface area contributed by atoms with Gasteiger partial charge in [0, 0.05) is 25.7 Å². The van der Waals surface area contributed by atoms with E-state index in [-0.39, 0.29) is 0 Å². The van der Waals surface area contributed by atoms with Crippen molar-refractivity contribution in [3.05, 3.63) is 28.2 Å². The Kier molecular flexibility index (Phi) is 5.67. The Morgan fingerprint density at radius 3 is 2.79 bits per heavy atom. The number of halogens is 1. The van der Waals surface area contributed by atoms with Gasteiger partial charge in [-0.25, -0.2) is 0 Å². The molecule has 0 heterocycles. The molecule has 0 saturated heterocycles. The third-order valence-corrected chi connectivity index (χ3v) is 4.12. The monoisotopic (exact) mass is 326 g/mol. The van der Waals surface area contributed by atoms with E-state index in [1.807, 2.05) is 6.07 Å². The summed E-state index contributed by atoms with van der Waals surface area (Å²) < 4.78 is 6.27. The minimum atomic E-state index is 0.811. The fraction of sp³-hybridized carbons (Fsp3) is 0.600. The van der Waals surface area contributed by atoms with Crippen LogP contribution < -0.4 is 10.1 Å². The smallest absolute Gasteiger partial charge is 0.133 e. The summed E-state index contributed by atoms with van der Waals surface area (Å²) in [5.74, 6) is 0.894. The lowest BCUT2D eigenvalue weighted by atomic mass is 10.1. The van der Waals surface area contributed by atoms with Gasteiger partial charge in [0.15, 0.2) is 0 Å². The molecule has 0 aliphatic heterocycles. The molecule has 0 unspecified atom stereocenters. The summed E-state index contributed by atoms with van der Waals surface area (Å²) in [6.07, 6.45) is 3.80. The zero-order valence-corrected chi connectivity index (χ0v) is 13.4. The molecule has 106 valence electrons. The SMILES string of the molecule is COc1ccc(CCN(C)CCNC2CC2)cc1Br. The maximum absolute atomic E-state index is 5.24. The second kappa shape index (κ2) is 7.27. The first-order chi connectivity index (χ1) is 9.19. The van der Waals surface area contributed by atoms with Gasteiger partial charge in [0.1, 0.15) is 5.75 Å². The summed E-state index contributed by atoms with van der Waals surface area (Å²) in [4.78, 5) is 2.38. The quantitative estimate of drug-likeness (QED) is 0.794. The first-order valence-corrected chi connectivity index (χ1v) is 7.72. The van der Waals surface area contributed by atoms with Crippen LogP contribution in [0, 0.1) is 0 Å². The van der Waals surface area contributed by atoms with Crippen molar-refractivity contribution in [1.29, 1.82) is 0 Å². The number of methoxy groups -OCH3 is 1. The summed E-state index contributed by atoms with van der Waals surface area (Å²) in [5, 5.41) is 3.54. The lowest BCUT2D eigenvalue weighted by Gasteiger charge is -2.17. The molecule has 1 aliphatic rings. The van der Waals surface area contributed by atoms with Crippen molar-refractivity contribution in [2.45, 2.75) is 25.3 Å². The van der Waals surface area contributed by atoms with Crippen molar-refractivity contribution in [2.24, 2.45) is 0 Å². The van der Waals surface area contributed by atoms with E-state index in [9.17, 15) is 0 Å². The summed E-state index contributed by atoms with van der Waals surface area (Å²) in [5.41, 5.74) is 1.34. The van der Waals surface area contributed by atoms with Crippen molar-refractivity contribution < 1.29 is 4.74 Å². The van der Waals surface area contributed by atoms with Crippen LogP contribution in [0.1, 0.15) is 18.4 Å². The Balaban J connectivity index is 1.69. The van der Waals surface area contributed by atoms with Gasteiger partial charge in [0.05, 0.1) is 11.6 Å². The molecule has 0 amide bonds. The van der Waals surface area contributed by atoms with E-state index in [1.165, 1.54) is 18.4 Å². The van der Waals surface area contributed by atoms with E-state index in [0.717, 1.165) is 42.3 Å². The third kappa shape index (κ3) is 5.13. The highest BCUT2D eigenvalue weighted by atomic mass is 79.9. The number of nitrogens with zero attached hydrogens (tertiary/aromatic N) is 1. The fourth-order valence-electron chi connectivity index (χ4n) is 2.04. The van der Waals surface area contributed by atoms with E-state index in [1.54, 1.807) is 7.11 Å². The highest BCUT2D eigenvalue weighted by Gasteiger charge is 2.19. The molecule has 1 aromatic carbocycles. The van der Waals surface area contributed by atoms with Crippen LogP contribution in [0.2, 0.25) is 0 Å².